The molecule has 1 aromatic heterocycles. The highest BCUT2D eigenvalue weighted by atomic mass is 32.1. The molecule has 0 saturated carbocycles. The van der Waals surface area contributed by atoms with Gasteiger partial charge < -0.3 is 10.6 Å². The van der Waals surface area contributed by atoms with E-state index in [-0.39, 0.29) is 11.9 Å². The Hall–Kier alpha value is -0.870. The summed E-state index contributed by atoms with van der Waals surface area (Å²) in [5.74, 6) is 0.134. The Morgan fingerprint density at radius 1 is 1.47 bits per heavy atom. The van der Waals surface area contributed by atoms with E-state index in [4.69, 9.17) is 0 Å². The first-order valence-electron chi connectivity index (χ1n) is 6.17. The Bertz CT molecular complexity index is 349. The van der Waals surface area contributed by atoms with Crippen molar-refractivity contribution in [2.75, 3.05) is 6.54 Å². The van der Waals surface area contributed by atoms with Gasteiger partial charge in [0.1, 0.15) is 0 Å². The highest BCUT2D eigenvalue weighted by Gasteiger charge is 2.04. The topological polar surface area (TPSA) is 41.1 Å². The highest BCUT2D eigenvalue weighted by Crippen LogP contribution is 2.14. The van der Waals surface area contributed by atoms with Gasteiger partial charge in [-0.1, -0.05) is 6.92 Å². The SMILES string of the molecule is CCC(C)NC(=O)CCNCc1ccc(C)s1. The van der Waals surface area contributed by atoms with Gasteiger partial charge in [-0.25, -0.2) is 0 Å². The molecular formula is C13H22N2OS. The Morgan fingerprint density at radius 3 is 2.82 bits per heavy atom. The lowest BCUT2D eigenvalue weighted by Gasteiger charge is -2.11. The zero-order chi connectivity index (χ0) is 12.7. The summed E-state index contributed by atoms with van der Waals surface area (Å²) in [5, 5.41) is 6.24. The normalized spacial score (nSPS) is 12.4. The van der Waals surface area contributed by atoms with Crippen LogP contribution in [0.2, 0.25) is 0 Å². The fourth-order valence-electron chi connectivity index (χ4n) is 1.44. The van der Waals surface area contributed by atoms with Crippen molar-refractivity contribution in [2.24, 2.45) is 0 Å². The molecule has 0 bridgehead atoms. The van der Waals surface area contributed by atoms with Crippen molar-refractivity contribution >= 4 is 17.2 Å². The van der Waals surface area contributed by atoms with Crippen LogP contribution in [0.5, 0.6) is 0 Å². The van der Waals surface area contributed by atoms with Crippen LogP contribution in [-0.4, -0.2) is 18.5 Å². The van der Waals surface area contributed by atoms with Crippen LogP contribution < -0.4 is 10.6 Å². The van der Waals surface area contributed by atoms with Gasteiger partial charge in [0, 0.05) is 35.3 Å². The van der Waals surface area contributed by atoms with E-state index in [0.29, 0.717) is 6.42 Å². The second-order valence-electron chi connectivity index (χ2n) is 4.32. The number of rotatable bonds is 7. The molecule has 0 saturated heterocycles. The number of carbonyl (C=O) groups is 1. The summed E-state index contributed by atoms with van der Waals surface area (Å²) in [6.45, 7) is 7.80. The minimum absolute atomic E-state index is 0.134. The van der Waals surface area contributed by atoms with E-state index >= 15 is 0 Å². The average Bonchev–Trinajstić information content (AvgIpc) is 2.70. The summed E-state index contributed by atoms with van der Waals surface area (Å²) >= 11 is 1.80. The minimum atomic E-state index is 0.134. The van der Waals surface area contributed by atoms with Gasteiger partial charge in [-0.05, 0) is 32.4 Å². The van der Waals surface area contributed by atoms with Crippen LogP contribution in [-0.2, 0) is 11.3 Å². The van der Waals surface area contributed by atoms with Crippen molar-refractivity contribution in [1.82, 2.24) is 10.6 Å². The summed E-state index contributed by atoms with van der Waals surface area (Å²) in [6.07, 6.45) is 1.53. The Kier molecular flexibility index (Phi) is 6.22. The van der Waals surface area contributed by atoms with Gasteiger partial charge >= 0.3 is 0 Å². The lowest BCUT2D eigenvalue weighted by Crippen LogP contribution is -2.33. The third kappa shape index (κ3) is 5.84. The predicted molar refractivity (Wildman–Crippen MR) is 73.3 cm³/mol. The number of aryl methyl sites for hydroxylation is 1. The lowest BCUT2D eigenvalue weighted by atomic mass is 10.2. The van der Waals surface area contributed by atoms with Gasteiger partial charge in [-0.15, -0.1) is 11.3 Å². The van der Waals surface area contributed by atoms with Gasteiger partial charge in [-0.2, -0.15) is 0 Å². The number of hydrogen-bond donors (Lipinski definition) is 2. The molecule has 1 amide bonds. The molecule has 0 spiro atoms. The summed E-state index contributed by atoms with van der Waals surface area (Å²) < 4.78 is 0. The monoisotopic (exact) mass is 254 g/mol. The molecule has 1 atom stereocenters. The van der Waals surface area contributed by atoms with Gasteiger partial charge in [0.15, 0.2) is 0 Å². The highest BCUT2D eigenvalue weighted by molar-refractivity contribution is 7.11. The van der Waals surface area contributed by atoms with Crippen LogP contribution >= 0.6 is 11.3 Å². The third-order valence-corrected chi connectivity index (χ3v) is 3.64. The summed E-state index contributed by atoms with van der Waals surface area (Å²) in [7, 11) is 0. The van der Waals surface area contributed by atoms with E-state index in [1.165, 1.54) is 9.75 Å². The second-order valence-corrected chi connectivity index (χ2v) is 5.69. The van der Waals surface area contributed by atoms with Crippen molar-refractivity contribution < 1.29 is 4.79 Å². The Morgan fingerprint density at radius 2 is 2.24 bits per heavy atom. The molecule has 2 N–H and O–H groups in total. The number of nitrogens with one attached hydrogen (secondary N) is 2. The fourth-order valence-corrected chi connectivity index (χ4v) is 2.30. The standard InChI is InChI=1S/C13H22N2OS/c1-4-10(2)15-13(16)7-8-14-9-12-6-5-11(3)17-12/h5-6,10,14H,4,7-9H2,1-3H3,(H,15,16). The first kappa shape index (κ1) is 14.2. The number of thiophene rings is 1. The van der Waals surface area contributed by atoms with Crippen molar-refractivity contribution in [3.63, 3.8) is 0 Å². The van der Waals surface area contributed by atoms with E-state index in [2.05, 4.69) is 36.6 Å². The first-order chi connectivity index (χ1) is 8.11. The maximum Gasteiger partial charge on any atom is 0.221 e. The van der Waals surface area contributed by atoms with E-state index < -0.39 is 0 Å². The molecule has 1 aromatic rings. The number of carbonyl (C=O) groups excluding carboxylic acids is 1. The van der Waals surface area contributed by atoms with Gasteiger partial charge in [-0.3, -0.25) is 4.79 Å². The fraction of sp³-hybridized carbons (Fsp3) is 0.615. The van der Waals surface area contributed by atoms with Crippen molar-refractivity contribution in [1.29, 1.82) is 0 Å². The molecule has 1 rings (SSSR count). The van der Waals surface area contributed by atoms with Crippen LogP contribution in [0, 0.1) is 6.92 Å². The molecule has 0 aliphatic carbocycles. The Balaban J connectivity index is 2.10. The molecule has 96 valence electrons. The first-order valence-corrected chi connectivity index (χ1v) is 6.99. The summed E-state index contributed by atoms with van der Waals surface area (Å²) in [5.41, 5.74) is 0. The number of hydrogen-bond acceptors (Lipinski definition) is 3. The molecule has 0 aliphatic heterocycles. The van der Waals surface area contributed by atoms with Crippen LogP contribution in [0.3, 0.4) is 0 Å². The molecule has 0 aliphatic rings. The zero-order valence-corrected chi connectivity index (χ0v) is 11.7. The average molecular weight is 254 g/mol. The molecule has 1 heterocycles. The summed E-state index contributed by atoms with van der Waals surface area (Å²) in [4.78, 5) is 14.1. The molecule has 17 heavy (non-hydrogen) atoms. The van der Waals surface area contributed by atoms with Crippen molar-refractivity contribution in [3.8, 4) is 0 Å². The number of amides is 1. The second kappa shape index (κ2) is 7.45. The van der Waals surface area contributed by atoms with Gasteiger partial charge in [0.05, 0.1) is 0 Å². The molecule has 0 fully saturated rings. The van der Waals surface area contributed by atoms with Gasteiger partial charge in [0.25, 0.3) is 0 Å². The maximum absolute atomic E-state index is 11.5. The molecule has 4 heteroatoms. The maximum atomic E-state index is 11.5. The van der Waals surface area contributed by atoms with Crippen LogP contribution in [0.15, 0.2) is 12.1 Å². The lowest BCUT2D eigenvalue weighted by molar-refractivity contribution is -0.121. The van der Waals surface area contributed by atoms with Crippen LogP contribution in [0.25, 0.3) is 0 Å². The molecule has 3 nitrogen and oxygen atoms in total. The molecule has 0 aromatic carbocycles. The van der Waals surface area contributed by atoms with Crippen LogP contribution in [0.4, 0.5) is 0 Å². The van der Waals surface area contributed by atoms with Crippen molar-refractivity contribution in [3.05, 3.63) is 21.9 Å². The molecule has 1 unspecified atom stereocenters. The zero-order valence-electron chi connectivity index (χ0n) is 10.9. The third-order valence-electron chi connectivity index (χ3n) is 2.64. The molecular weight excluding hydrogens is 232 g/mol. The predicted octanol–water partition coefficient (Wildman–Crippen LogP) is 2.45. The Labute approximate surface area is 108 Å². The quantitative estimate of drug-likeness (QED) is 0.734. The largest absolute Gasteiger partial charge is 0.354 e. The van der Waals surface area contributed by atoms with E-state index in [1.54, 1.807) is 11.3 Å². The smallest absolute Gasteiger partial charge is 0.221 e. The van der Waals surface area contributed by atoms with E-state index in [9.17, 15) is 4.79 Å². The summed E-state index contributed by atoms with van der Waals surface area (Å²) in [6, 6.07) is 4.53. The van der Waals surface area contributed by atoms with Crippen LogP contribution in [0.1, 0.15) is 36.4 Å². The van der Waals surface area contributed by atoms with E-state index in [1.807, 2.05) is 6.92 Å². The molecule has 0 radical (unpaired) electrons. The minimum Gasteiger partial charge on any atom is -0.354 e. The van der Waals surface area contributed by atoms with Crippen molar-refractivity contribution in [2.45, 2.75) is 46.2 Å². The van der Waals surface area contributed by atoms with Gasteiger partial charge in [0.2, 0.25) is 5.91 Å². The van der Waals surface area contributed by atoms with E-state index in [0.717, 1.165) is 19.5 Å².